The molecule has 0 N–H and O–H groups in total. The average Bonchev–Trinajstić information content (AvgIpc) is 2.90. The van der Waals surface area contributed by atoms with E-state index in [9.17, 15) is 8.42 Å². The summed E-state index contributed by atoms with van der Waals surface area (Å²) in [6, 6.07) is 8.57. The smallest absolute Gasteiger partial charge is 0.264 e. The molecule has 2 rings (SSSR count). The summed E-state index contributed by atoms with van der Waals surface area (Å²) in [5.41, 5.74) is 2.75. The zero-order chi connectivity index (χ0) is 27.2. The van der Waals surface area contributed by atoms with Gasteiger partial charge >= 0.3 is 0 Å². The van der Waals surface area contributed by atoms with Gasteiger partial charge in [-0.2, -0.15) is 8.42 Å². The molecule has 38 heavy (non-hydrogen) atoms. The van der Waals surface area contributed by atoms with Crippen molar-refractivity contribution in [1.29, 1.82) is 0 Å². The van der Waals surface area contributed by atoms with Gasteiger partial charge in [0, 0.05) is 30.4 Å². The van der Waals surface area contributed by atoms with Crippen LogP contribution < -0.4 is 4.57 Å². The molecular weight excluding hydrogens is 492 g/mol. The van der Waals surface area contributed by atoms with Crippen molar-refractivity contribution in [2.24, 2.45) is 0 Å². The van der Waals surface area contributed by atoms with Crippen LogP contribution in [-0.2, 0) is 33.7 Å². The number of hydrogen-bond acceptors (Lipinski definition) is 4. The molecule has 0 aromatic carbocycles. The molecule has 2 aromatic rings. The standard InChI is InChI=1S/C32H47N2O3S/c1-38(35,36)37-28-18-14-10-5-3-2-4-7-12-16-22-32-24-20-27-34(30-32)26-17-13-9-6-8-11-15-21-31-23-19-25-33-29-31/h4,7,9-10,13-14,19-20,23-25,27,29-30H,2-3,5-6,8,11-12,15-18,21-22,26,28H2,1H3/q+1/b7-4-,13-9+,14-10+. The molecule has 0 aliphatic carbocycles. The zero-order valence-corrected chi connectivity index (χ0v) is 24.0. The lowest BCUT2D eigenvalue weighted by Gasteiger charge is -2.00. The Balaban J connectivity index is 1.46. The molecule has 0 saturated heterocycles. The van der Waals surface area contributed by atoms with Crippen LogP contribution in [0.3, 0.4) is 0 Å². The fraction of sp³-hybridized carbons (Fsp3) is 0.500. The summed E-state index contributed by atoms with van der Waals surface area (Å²) in [4.78, 5) is 4.18. The van der Waals surface area contributed by atoms with Gasteiger partial charge in [0.25, 0.3) is 10.1 Å². The molecule has 0 bridgehead atoms. The Morgan fingerprint density at radius 3 is 2.16 bits per heavy atom. The maximum Gasteiger partial charge on any atom is 0.264 e. The van der Waals surface area contributed by atoms with Crippen LogP contribution in [0, 0.1) is 0 Å². The van der Waals surface area contributed by atoms with Crippen molar-refractivity contribution in [3.8, 4) is 0 Å². The van der Waals surface area contributed by atoms with E-state index in [1.165, 1.54) is 43.2 Å². The molecule has 0 aliphatic heterocycles. The maximum absolute atomic E-state index is 10.9. The Bertz CT molecular complexity index is 1060. The largest absolute Gasteiger partial charge is 0.270 e. The molecule has 2 heterocycles. The molecular formula is C32H47N2O3S+. The highest BCUT2D eigenvalue weighted by atomic mass is 32.2. The molecule has 0 amide bonds. The van der Waals surface area contributed by atoms with Crippen LogP contribution in [0.4, 0.5) is 0 Å². The Kier molecular flexibility index (Phi) is 17.0. The summed E-state index contributed by atoms with van der Waals surface area (Å²) >= 11 is 0. The summed E-state index contributed by atoms with van der Waals surface area (Å²) in [5, 5.41) is 0. The van der Waals surface area contributed by atoms with Gasteiger partial charge in [-0.1, -0.05) is 48.9 Å². The van der Waals surface area contributed by atoms with E-state index in [-0.39, 0.29) is 6.61 Å². The van der Waals surface area contributed by atoms with Crippen LogP contribution in [0.1, 0.15) is 81.8 Å². The Morgan fingerprint density at radius 1 is 0.763 bits per heavy atom. The highest BCUT2D eigenvalue weighted by molar-refractivity contribution is 7.85. The topological polar surface area (TPSA) is 60.1 Å². The predicted octanol–water partition coefficient (Wildman–Crippen LogP) is 7.09. The Morgan fingerprint density at radius 2 is 1.42 bits per heavy atom. The van der Waals surface area contributed by atoms with Crippen LogP contribution in [-0.4, -0.2) is 26.3 Å². The molecule has 208 valence electrons. The van der Waals surface area contributed by atoms with Gasteiger partial charge in [0.1, 0.15) is 0 Å². The minimum Gasteiger partial charge on any atom is -0.270 e. The summed E-state index contributed by atoms with van der Waals surface area (Å²) < 4.78 is 28.8. The highest BCUT2D eigenvalue weighted by Gasteiger charge is 2.02. The van der Waals surface area contributed by atoms with Crippen molar-refractivity contribution in [2.45, 2.75) is 90.0 Å². The van der Waals surface area contributed by atoms with E-state index >= 15 is 0 Å². The first kappa shape index (κ1) is 31.6. The second-order valence-corrected chi connectivity index (χ2v) is 11.4. The van der Waals surface area contributed by atoms with Crippen molar-refractivity contribution < 1.29 is 17.2 Å². The normalized spacial score (nSPS) is 12.3. The van der Waals surface area contributed by atoms with E-state index in [4.69, 9.17) is 4.18 Å². The van der Waals surface area contributed by atoms with E-state index in [0.29, 0.717) is 6.42 Å². The molecule has 5 nitrogen and oxygen atoms in total. The fourth-order valence-electron chi connectivity index (χ4n) is 4.15. The number of pyridine rings is 2. The van der Waals surface area contributed by atoms with Crippen molar-refractivity contribution in [1.82, 2.24) is 4.98 Å². The van der Waals surface area contributed by atoms with E-state index in [1.54, 1.807) is 0 Å². The van der Waals surface area contributed by atoms with Gasteiger partial charge in [-0.15, -0.1) is 0 Å². The first-order chi connectivity index (χ1) is 18.5. The van der Waals surface area contributed by atoms with Crippen LogP contribution in [0.5, 0.6) is 0 Å². The second kappa shape index (κ2) is 20.4. The monoisotopic (exact) mass is 539 g/mol. The third-order valence-corrected chi connectivity index (χ3v) is 6.79. The van der Waals surface area contributed by atoms with Gasteiger partial charge in [-0.3, -0.25) is 9.17 Å². The Hall–Kier alpha value is -2.57. The molecule has 0 aliphatic rings. The van der Waals surface area contributed by atoms with Crippen molar-refractivity contribution in [3.05, 3.63) is 96.6 Å². The molecule has 0 atom stereocenters. The highest BCUT2D eigenvalue weighted by Crippen LogP contribution is 2.08. The van der Waals surface area contributed by atoms with E-state index in [1.807, 2.05) is 24.5 Å². The van der Waals surface area contributed by atoms with E-state index < -0.39 is 10.1 Å². The molecule has 0 fully saturated rings. The molecule has 0 radical (unpaired) electrons. The SMILES string of the molecule is CS(=O)(=O)OCC/C=C/CCC/C=C\CCCc1ccc[n+](CC/C=C/CCCCCc2cccnc2)c1. The number of unbranched alkanes of at least 4 members (excludes halogenated alkanes) is 6. The molecule has 0 saturated carbocycles. The third-order valence-electron chi connectivity index (χ3n) is 6.19. The number of hydrogen-bond donors (Lipinski definition) is 0. The van der Waals surface area contributed by atoms with Crippen LogP contribution in [0.2, 0.25) is 0 Å². The van der Waals surface area contributed by atoms with Gasteiger partial charge in [-0.25, -0.2) is 4.57 Å². The van der Waals surface area contributed by atoms with Crippen LogP contribution in [0.25, 0.3) is 0 Å². The van der Waals surface area contributed by atoms with Gasteiger partial charge in [0.15, 0.2) is 18.9 Å². The van der Waals surface area contributed by atoms with Crippen LogP contribution >= 0.6 is 0 Å². The maximum atomic E-state index is 10.9. The fourth-order valence-corrected chi connectivity index (χ4v) is 4.55. The number of allylic oxidation sites excluding steroid dienone is 5. The van der Waals surface area contributed by atoms with Crippen LogP contribution in [0.15, 0.2) is 85.5 Å². The molecule has 2 aromatic heterocycles. The van der Waals surface area contributed by atoms with Gasteiger partial charge in [0.05, 0.1) is 12.9 Å². The third kappa shape index (κ3) is 17.8. The number of rotatable bonds is 21. The van der Waals surface area contributed by atoms with E-state index in [2.05, 4.69) is 70.5 Å². The summed E-state index contributed by atoms with van der Waals surface area (Å²) in [7, 11) is -3.32. The number of aromatic nitrogens is 2. The van der Waals surface area contributed by atoms with Gasteiger partial charge in [-0.05, 0) is 88.3 Å². The second-order valence-electron chi connectivity index (χ2n) is 9.75. The van der Waals surface area contributed by atoms with Crippen molar-refractivity contribution in [3.63, 3.8) is 0 Å². The average molecular weight is 540 g/mol. The Labute approximate surface area is 231 Å². The minimum absolute atomic E-state index is 0.225. The lowest BCUT2D eigenvalue weighted by Crippen LogP contribution is -2.32. The first-order valence-electron chi connectivity index (χ1n) is 14.2. The lowest BCUT2D eigenvalue weighted by molar-refractivity contribution is -0.696. The molecule has 6 heteroatoms. The predicted molar refractivity (Wildman–Crippen MR) is 157 cm³/mol. The number of nitrogens with zero attached hydrogens (tertiary/aromatic N) is 2. The zero-order valence-electron chi connectivity index (χ0n) is 23.2. The summed E-state index contributed by atoms with van der Waals surface area (Å²) in [6.07, 6.45) is 37.1. The van der Waals surface area contributed by atoms with E-state index in [0.717, 1.165) is 57.7 Å². The van der Waals surface area contributed by atoms with Crippen molar-refractivity contribution >= 4 is 10.1 Å². The quantitative estimate of drug-likeness (QED) is 0.0735. The summed E-state index contributed by atoms with van der Waals surface area (Å²) in [6.45, 7) is 1.26. The molecule has 0 spiro atoms. The molecule has 0 unspecified atom stereocenters. The van der Waals surface area contributed by atoms with Gasteiger partial charge in [0.2, 0.25) is 0 Å². The lowest BCUT2D eigenvalue weighted by atomic mass is 10.1. The minimum atomic E-state index is -3.32. The summed E-state index contributed by atoms with van der Waals surface area (Å²) in [5.74, 6) is 0. The number of aryl methyl sites for hydroxylation is 3. The van der Waals surface area contributed by atoms with Crippen molar-refractivity contribution in [2.75, 3.05) is 12.9 Å². The first-order valence-corrected chi connectivity index (χ1v) is 16.0. The van der Waals surface area contributed by atoms with Gasteiger partial charge < -0.3 is 0 Å².